The molecule has 3 heterocycles. The van der Waals surface area contributed by atoms with E-state index in [2.05, 4.69) is 44.5 Å². The van der Waals surface area contributed by atoms with E-state index in [4.69, 9.17) is 16.6 Å². The zero-order valence-corrected chi connectivity index (χ0v) is 15.7. The maximum atomic E-state index is 6.15. The number of anilines is 1. The summed E-state index contributed by atoms with van der Waals surface area (Å²) in [5.74, 6) is 2.13. The molecule has 1 fully saturated rings. The van der Waals surface area contributed by atoms with E-state index in [1.807, 2.05) is 18.2 Å². The first kappa shape index (κ1) is 17.2. The monoisotopic (exact) mass is 371 g/mol. The first-order valence-electron chi connectivity index (χ1n) is 8.92. The molecule has 1 unspecified atom stereocenters. The highest BCUT2D eigenvalue weighted by molar-refractivity contribution is 6.34. The largest absolute Gasteiger partial charge is 0.352 e. The Bertz CT molecular complexity index is 907. The molecule has 26 heavy (non-hydrogen) atoms. The molecule has 1 saturated heterocycles. The van der Waals surface area contributed by atoms with Crippen molar-refractivity contribution in [2.24, 2.45) is 5.92 Å². The number of nitrogens with one attached hydrogen (secondary N) is 2. The highest BCUT2D eigenvalue weighted by Crippen LogP contribution is 2.26. The van der Waals surface area contributed by atoms with Crippen LogP contribution in [-0.4, -0.2) is 51.1 Å². The van der Waals surface area contributed by atoms with E-state index in [9.17, 15) is 0 Å². The molecule has 0 amide bonds. The van der Waals surface area contributed by atoms with Crippen LogP contribution in [0.1, 0.15) is 20.3 Å². The van der Waals surface area contributed by atoms with E-state index in [1.54, 1.807) is 6.20 Å². The third kappa shape index (κ3) is 3.50. The Balaban J connectivity index is 1.60. The molecule has 0 bridgehead atoms. The first-order valence-corrected chi connectivity index (χ1v) is 9.30. The minimum absolute atomic E-state index is 0.475. The summed E-state index contributed by atoms with van der Waals surface area (Å²) in [6, 6.07) is 6.27. The van der Waals surface area contributed by atoms with Gasteiger partial charge in [0.05, 0.1) is 11.7 Å². The number of benzene rings is 1. The fourth-order valence-electron chi connectivity index (χ4n) is 3.45. The van der Waals surface area contributed by atoms with Crippen LogP contribution in [-0.2, 0) is 0 Å². The summed E-state index contributed by atoms with van der Waals surface area (Å²) in [7, 11) is 0. The van der Waals surface area contributed by atoms with Crippen LogP contribution in [0.15, 0.2) is 24.4 Å². The standard InChI is InChI=1S/C18H22ClN7/c1-11(2)7-13-10-26(6-5-20-13)16-9-21-25-18(22-16)12-3-4-15-14(8-12)17(19)24-23-15/h3-4,8-9,11,13,20H,5-7,10H2,1-2H3,(H,23,24). The minimum Gasteiger partial charge on any atom is -0.352 e. The fraction of sp³-hybridized carbons (Fsp3) is 0.444. The summed E-state index contributed by atoms with van der Waals surface area (Å²) in [5.41, 5.74) is 1.70. The predicted octanol–water partition coefficient (Wildman–Crippen LogP) is 2.89. The molecule has 2 aromatic heterocycles. The zero-order chi connectivity index (χ0) is 18.1. The molecule has 8 heteroatoms. The summed E-state index contributed by atoms with van der Waals surface area (Å²) in [6.45, 7) is 7.31. The molecule has 3 aromatic rings. The molecular formula is C18H22ClN7. The number of rotatable bonds is 4. The van der Waals surface area contributed by atoms with Crippen LogP contribution < -0.4 is 10.2 Å². The van der Waals surface area contributed by atoms with Crippen LogP contribution >= 0.6 is 11.6 Å². The number of aromatic amines is 1. The van der Waals surface area contributed by atoms with E-state index in [0.717, 1.165) is 48.3 Å². The van der Waals surface area contributed by atoms with Crippen molar-refractivity contribution in [1.29, 1.82) is 0 Å². The second-order valence-electron chi connectivity index (χ2n) is 7.13. The average molecular weight is 372 g/mol. The van der Waals surface area contributed by atoms with E-state index in [1.165, 1.54) is 0 Å². The van der Waals surface area contributed by atoms with Gasteiger partial charge in [-0.3, -0.25) is 5.10 Å². The topological polar surface area (TPSA) is 82.6 Å². The van der Waals surface area contributed by atoms with E-state index in [-0.39, 0.29) is 0 Å². The van der Waals surface area contributed by atoms with Gasteiger partial charge in [-0.25, -0.2) is 4.98 Å². The highest BCUT2D eigenvalue weighted by atomic mass is 35.5. The summed E-state index contributed by atoms with van der Waals surface area (Å²) in [4.78, 5) is 7.03. The van der Waals surface area contributed by atoms with Gasteiger partial charge in [0.1, 0.15) is 5.15 Å². The lowest BCUT2D eigenvalue weighted by Crippen LogP contribution is -2.51. The van der Waals surface area contributed by atoms with Gasteiger partial charge in [0.15, 0.2) is 11.6 Å². The number of hydrogen-bond acceptors (Lipinski definition) is 6. The summed E-state index contributed by atoms with van der Waals surface area (Å²) < 4.78 is 0. The maximum absolute atomic E-state index is 6.15. The van der Waals surface area contributed by atoms with Crippen LogP contribution in [0.4, 0.5) is 5.82 Å². The third-order valence-corrected chi connectivity index (χ3v) is 4.94. The Hall–Kier alpha value is -2.25. The highest BCUT2D eigenvalue weighted by Gasteiger charge is 2.22. The van der Waals surface area contributed by atoms with Gasteiger partial charge in [0.2, 0.25) is 0 Å². The maximum Gasteiger partial charge on any atom is 0.183 e. The van der Waals surface area contributed by atoms with Crippen molar-refractivity contribution in [1.82, 2.24) is 30.7 Å². The van der Waals surface area contributed by atoms with Gasteiger partial charge in [-0.15, -0.1) is 5.10 Å². The smallest absolute Gasteiger partial charge is 0.183 e. The van der Waals surface area contributed by atoms with Gasteiger partial charge in [-0.1, -0.05) is 25.4 Å². The second kappa shape index (κ2) is 7.17. The lowest BCUT2D eigenvalue weighted by molar-refractivity contribution is 0.387. The summed E-state index contributed by atoms with van der Waals surface area (Å²) >= 11 is 6.15. The Morgan fingerprint density at radius 1 is 1.35 bits per heavy atom. The van der Waals surface area contributed by atoms with Crippen LogP contribution in [0.25, 0.3) is 22.3 Å². The predicted molar refractivity (Wildman–Crippen MR) is 103 cm³/mol. The number of aromatic nitrogens is 5. The van der Waals surface area contributed by atoms with E-state index in [0.29, 0.717) is 22.9 Å². The van der Waals surface area contributed by atoms with Crippen LogP contribution in [0.2, 0.25) is 5.15 Å². The molecule has 2 N–H and O–H groups in total. The number of halogens is 1. The van der Waals surface area contributed by atoms with Gasteiger partial charge >= 0.3 is 0 Å². The molecule has 0 spiro atoms. The Morgan fingerprint density at radius 2 is 2.23 bits per heavy atom. The Morgan fingerprint density at radius 3 is 3.08 bits per heavy atom. The van der Waals surface area contributed by atoms with Crippen molar-refractivity contribution in [2.75, 3.05) is 24.5 Å². The van der Waals surface area contributed by atoms with Crippen LogP contribution in [0.5, 0.6) is 0 Å². The summed E-state index contributed by atoms with van der Waals surface area (Å²) in [6.07, 6.45) is 2.89. The quantitative estimate of drug-likeness (QED) is 0.733. The summed E-state index contributed by atoms with van der Waals surface area (Å²) in [5, 5.41) is 20.3. The molecule has 1 aromatic carbocycles. The zero-order valence-electron chi connectivity index (χ0n) is 14.9. The van der Waals surface area contributed by atoms with Gasteiger partial charge in [0, 0.05) is 36.6 Å². The number of nitrogens with zero attached hydrogens (tertiary/aromatic N) is 5. The number of H-pyrrole nitrogens is 1. The molecular weight excluding hydrogens is 350 g/mol. The molecule has 0 aliphatic carbocycles. The molecule has 1 aliphatic heterocycles. The normalized spacial score (nSPS) is 18.0. The molecule has 0 saturated carbocycles. The lowest BCUT2D eigenvalue weighted by atomic mass is 10.0. The first-order chi connectivity index (χ1) is 12.6. The Labute approximate surface area is 157 Å². The molecule has 1 atom stereocenters. The van der Waals surface area contributed by atoms with E-state index >= 15 is 0 Å². The number of hydrogen-bond donors (Lipinski definition) is 2. The van der Waals surface area contributed by atoms with Crippen LogP contribution in [0.3, 0.4) is 0 Å². The van der Waals surface area contributed by atoms with Crippen LogP contribution in [0, 0.1) is 5.92 Å². The van der Waals surface area contributed by atoms with Gasteiger partial charge in [0.25, 0.3) is 0 Å². The molecule has 1 aliphatic rings. The van der Waals surface area contributed by atoms with Crippen molar-refractivity contribution in [3.63, 3.8) is 0 Å². The van der Waals surface area contributed by atoms with Crippen molar-refractivity contribution < 1.29 is 0 Å². The van der Waals surface area contributed by atoms with Gasteiger partial charge < -0.3 is 10.2 Å². The van der Waals surface area contributed by atoms with Crippen molar-refractivity contribution in [3.8, 4) is 11.4 Å². The number of piperazine rings is 1. The van der Waals surface area contributed by atoms with Gasteiger partial charge in [-0.2, -0.15) is 10.2 Å². The lowest BCUT2D eigenvalue weighted by Gasteiger charge is -2.35. The second-order valence-corrected chi connectivity index (χ2v) is 7.51. The Kier molecular flexibility index (Phi) is 4.74. The molecule has 136 valence electrons. The SMILES string of the molecule is CC(C)CC1CN(c2cnnc(-c3ccc4n[nH]c(Cl)c4c3)n2)CCN1. The van der Waals surface area contributed by atoms with Crippen molar-refractivity contribution in [2.45, 2.75) is 26.3 Å². The third-order valence-electron chi connectivity index (χ3n) is 4.65. The number of fused-ring (bicyclic) bond motifs is 1. The van der Waals surface area contributed by atoms with Crippen molar-refractivity contribution >= 4 is 28.3 Å². The molecule has 7 nitrogen and oxygen atoms in total. The van der Waals surface area contributed by atoms with Gasteiger partial charge in [-0.05, 0) is 30.5 Å². The molecule has 4 rings (SSSR count). The molecule has 0 radical (unpaired) electrons. The van der Waals surface area contributed by atoms with E-state index < -0.39 is 0 Å². The fourth-order valence-corrected chi connectivity index (χ4v) is 3.64. The average Bonchev–Trinajstić information content (AvgIpc) is 3.02. The van der Waals surface area contributed by atoms with Crippen molar-refractivity contribution in [3.05, 3.63) is 29.5 Å². The minimum atomic E-state index is 0.475.